The number of rotatable bonds is 10. The van der Waals surface area contributed by atoms with Crippen LogP contribution in [0.3, 0.4) is 0 Å². The summed E-state index contributed by atoms with van der Waals surface area (Å²) in [6, 6.07) is 22.8. The quantitative estimate of drug-likeness (QED) is 0.149. The molecule has 0 saturated carbocycles. The number of benzene rings is 4. The summed E-state index contributed by atoms with van der Waals surface area (Å²) in [6.45, 7) is 0.195. The molecule has 2 aromatic heterocycles. The van der Waals surface area contributed by atoms with Gasteiger partial charge >= 0.3 is 35.5 Å². The van der Waals surface area contributed by atoms with Gasteiger partial charge in [-0.3, -0.25) is 19.2 Å². The van der Waals surface area contributed by atoms with Crippen LogP contribution in [-0.2, 0) is 42.3 Å². The monoisotopic (exact) mass is 963 g/mol. The minimum atomic E-state index is -3.32. The summed E-state index contributed by atoms with van der Waals surface area (Å²) in [5.74, 6) is -2.88. The number of fused-ring (bicyclic) bond motifs is 2. The third-order valence-corrected chi connectivity index (χ3v) is 11.8. The number of hydrogen-bond acceptors (Lipinski definition) is 11. The predicted molar refractivity (Wildman–Crippen MR) is 218 cm³/mol. The summed E-state index contributed by atoms with van der Waals surface area (Å²) in [4.78, 5) is 60.9. The number of nitrogens with zero attached hydrogens (tertiary/aromatic N) is 2. The van der Waals surface area contributed by atoms with Crippen molar-refractivity contribution < 1.29 is 70.6 Å². The minimum Gasteiger partial charge on any atom is -0.545 e. The zero-order chi connectivity index (χ0) is 41.8. The number of carboxylic acid groups (broad SMARTS) is 1. The summed E-state index contributed by atoms with van der Waals surface area (Å²) < 4.78 is 55.6. The van der Waals surface area contributed by atoms with Crippen molar-refractivity contribution in [3.05, 3.63) is 149 Å². The fourth-order valence-electron chi connectivity index (χ4n) is 5.71. The van der Waals surface area contributed by atoms with Crippen molar-refractivity contribution in [2.45, 2.75) is 22.9 Å². The molecular weight excluding hydrogens is 933 g/mol. The van der Waals surface area contributed by atoms with Gasteiger partial charge in [-0.1, -0.05) is 56.1 Å². The van der Waals surface area contributed by atoms with Gasteiger partial charge in [-0.2, -0.15) is 0 Å². The van der Waals surface area contributed by atoms with Crippen LogP contribution in [0, 0.1) is 0 Å². The van der Waals surface area contributed by atoms with E-state index >= 15 is 0 Å². The first-order valence-electron chi connectivity index (χ1n) is 16.6. The summed E-state index contributed by atoms with van der Waals surface area (Å²) >= 11 is 6.62. The Labute approximate surface area is 371 Å². The Morgan fingerprint density at radius 2 is 1.07 bits per heavy atom. The van der Waals surface area contributed by atoms with Gasteiger partial charge in [-0.05, 0) is 71.8 Å². The third kappa shape index (κ3) is 11.2. The smallest absolute Gasteiger partial charge is 0.545 e. The molecule has 6 rings (SSSR count). The van der Waals surface area contributed by atoms with Crippen molar-refractivity contribution in [3.63, 3.8) is 0 Å². The maximum absolute atomic E-state index is 12.9. The average Bonchev–Trinajstić information content (AvgIpc) is 3.15. The molecule has 1 N–H and O–H groups in total. The van der Waals surface area contributed by atoms with Crippen LogP contribution in [0.2, 0.25) is 0 Å². The van der Waals surface area contributed by atoms with Crippen molar-refractivity contribution in [2.24, 2.45) is 0 Å². The van der Waals surface area contributed by atoms with E-state index in [4.69, 9.17) is 0 Å². The molecule has 0 aliphatic heterocycles. The molecule has 296 valence electrons. The number of sulfone groups is 2. The SMILES string of the molecule is COC(=O)CNC(=O)c1cn(Cc2ccc(S(C)(=O)=O)cc2)c2ccc(Br)cc2c1=O.CS(=O)(=O)c1ccc(Cn2cc(C(=O)[O-])c(=O)c3cc(Br)ccc32)cc1.[Na+]. The summed E-state index contributed by atoms with van der Waals surface area (Å²) in [5, 5.41) is 14.3. The Kier molecular flexibility index (Phi) is 15.2. The zero-order valence-corrected chi connectivity index (χ0v) is 38.1. The number of esters is 1. The molecule has 0 radical (unpaired) electrons. The van der Waals surface area contributed by atoms with Crippen LogP contribution in [0.15, 0.2) is 126 Å². The Bertz CT molecular complexity index is 2920. The molecule has 1 amide bonds. The van der Waals surface area contributed by atoms with Crippen LogP contribution in [-0.4, -0.2) is 70.0 Å². The molecule has 2 heterocycles. The first kappa shape index (κ1) is 46.3. The molecule has 0 aliphatic carbocycles. The fraction of sp³-hybridized carbons (Fsp3) is 0.154. The van der Waals surface area contributed by atoms with Crippen molar-refractivity contribution in [3.8, 4) is 0 Å². The Morgan fingerprint density at radius 1 is 0.672 bits per heavy atom. The minimum absolute atomic E-state index is 0. The number of nitrogens with one attached hydrogen (secondary N) is 1. The van der Waals surface area contributed by atoms with Gasteiger partial charge in [0.25, 0.3) is 5.91 Å². The number of halogens is 2. The zero-order valence-electron chi connectivity index (χ0n) is 31.3. The van der Waals surface area contributed by atoms with Crippen molar-refractivity contribution in [2.75, 3.05) is 26.2 Å². The second-order valence-corrected chi connectivity index (χ2v) is 18.6. The normalized spacial score (nSPS) is 11.3. The number of ether oxygens (including phenoxy) is 1. The molecule has 19 heteroatoms. The number of carbonyl (C=O) groups is 3. The summed E-state index contributed by atoms with van der Waals surface area (Å²) in [6.07, 6.45) is 4.93. The number of amides is 1. The molecule has 14 nitrogen and oxygen atoms in total. The van der Waals surface area contributed by atoms with Crippen LogP contribution >= 0.6 is 31.9 Å². The van der Waals surface area contributed by atoms with Crippen molar-refractivity contribution in [1.29, 1.82) is 0 Å². The fourth-order valence-corrected chi connectivity index (χ4v) is 7.69. The molecule has 58 heavy (non-hydrogen) atoms. The van der Waals surface area contributed by atoms with Gasteiger partial charge < -0.3 is 29.1 Å². The standard InChI is InChI=1S/C21H19BrN2O6S.C18H14BrNO5S.Na/c1-30-19(25)10-23-21(27)17-12-24(18-8-5-14(22)9-16(18)20(17)26)11-13-3-6-15(7-4-13)31(2,28)29;1-26(24,25)13-5-2-11(3-6-13)9-20-10-15(18(22)23)17(21)14-8-12(19)4-7-16(14)20;/h3-9,12H,10-11H2,1-2H3,(H,23,27);2-8,10H,9H2,1H3,(H,22,23);/q;;+1/p-1. The molecule has 0 spiro atoms. The van der Waals surface area contributed by atoms with Gasteiger partial charge in [0.1, 0.15) is 12.1 Å². The maximum atomic E-state index is 12.9. The molecule has 0 bridgehead atoms. The topological polar surface area (TPSA) is 208 Å². The molecule has 0 saturated heterocycles. The van der Waals surface area contributed by atoms with Gasteiger partial charge in [0.05, 0.1) is 39.5 Å². The maximum Gasteiger partial charge on any atom is 1.00 e. The number of pyridine rings is 2. The molecule has 6 aromatic rings. The van der Waals surface area contributed by atoms with Crippen LogP contribution in [0.1, 0.15) is 31.8 Å². The van der Waals surface area contributed by atoms with E-state index in [2.05, 4.69) is 41.9 Å². The van der Waals surface area contributed by atoms with E-state index < -0.39 is 53.9 Å². The first-order chi connectivity index (χ1) is 26.8. The van der Waals surface area contributed by atoms with E-state index in [1.807, 2.05) is 0 Å². The van der Waals surface area contributed by atoms with E-state index in [-0.39, 0.29) is 63.4 Å². The molecule has 0 unspecified atom stereocenters. The summed E-state index contributed by atoms with van der Waals surface area (Å²) in [5.41, 5.74) is 1.08. The van der Waals surface area contributed by atoms with Crippen molar-refractivity contribution in [1.82, 2.24) is 14.5 Å². The van der Waals surface area contributed by atoms with Crippen molar-refractivity contribution >= 4 is 91.2 Å². The van der Waals surface area contributed by atoms with Gasteiger partial charge in [0, 0.05) is 57.7 Å². The first-order valence-corrected chi connectivity index (χ1v) is 21.9. The number of aromatic carboxylic acids is 1. The number of methoxy groups -OCH3 is 1. The number of hydrogen-bond donors (Lipinski definition) is 1. The number of carboxylic acids is 1. The largest absolute Gasteiger partial charge is 1.00 e. The average molecular weight is 966 g/mol. The number of carbonyl (C=O) groups excluding carboxylic acids is 3. The summed E-state index contributed by atoms with van der Waals surface area (Å²) in [7, 11) is -5.41. The Balaban J connectivity index is 0.000000256. The Hall–Kier alpha value is -4.43. The van der Waals surface area contributed by atoms with Gasteiger partial charge in [0.15, 0.2) is 25.1 Å². The van der Waals surface area contributed by atoms with Crippen LogP contribution in [0.5, 0.6) is 0 Å². The van der Waals surface area contributed by atoms with E-state index in [1.165, 1.54) is 43.8 Å². The van der Waals surface area contributed by atoms with E-state index in [1.54, 1.807) is 69.8 Å². The van der Waals surface area contributed by atoms with Gasteiger partial charge in [-0.25, -0.2) is 16.8 Å². The van der Waals surface area contributed by atoms with Crippen LogP contribution in [0.25, 0.3) is 21.8 Å². The third-order valence-electron chi connectivity index (χ3n) is 8.58. The second kappa shape index (κ2) is 19.1. The molecular formula is C39H32Br2N3NaO11S2. The van der Waals surface area contributed by atoms with E-state index in [9.17, 15) is 45.9 Å². The molecule has 0 fully saturated rings. The predicted octanol–water partition coefficient (Wildman–Crippen LogP) is 0.702. The second-order valence-electron chi connectivity index (χ2n) is 12.7. The molecule has 4 aromatic carbocycles. The molecule has 0 atom stereocenters. The van der Waals surface area contributed by atoms with E-state index in [0.29, 0.717) is 31.9 Å². The van der Waals surface area contributed by atoms with Crippen LogP contribution < -0.4 is 50.8 Å². The van der Waals surface area contributed by atoms with E-state index in [0.717, 1.165) is 23.6 Å². The van der Waals surface area contributed by atoms with Gasteiger partial charge in [-0.15, -0.1) is 0 Å². The van der Waals surface area contributed by atoms with Crippen LogP contribution in [0.4, 0.5) is 0 Å². The molecule has 0 aliphatic rings. The Morgan fingerprint density at radius 3 is 1.45 bits per heavy atom. The number of aromatic nitrogens is 2. The van der Waals surface area contributed by atoms with Gasteiger partial charge in [0.2, 0.25) is 5.43 Å².